The Balaban J connectivity index is 1.40. The van der Waals surface area contributed by atoms with E-state index in [-0.39, 0.29) is 12.1 Å². The minimum absolute atomic E-state index is 0.00776. The predicted molar refractivity (Wildman–Crippen MR) is 137 cm³/mol. The SMILES string of the molecule is CO[C@@H]1C[C@H]2[C@@H]3CC[C@H]([C@H](C)[C@H](CC(C)=C(C)C)OC(C)=O)[C@@]3(C)CC[C@@H]2[C@@]2(C)CC[C@@H]3C[C@]312. The first-order valence-electron chi connectivity index (χ1n) is 14.3. The van der Waals surface area contributed by atoms with E-state index in [0.717, 1.165) is 30.1 Å². The van der Waals surface area contributed by atoms with Gasteiger partial charge in [0.05, 0.1) is 6.10 Å². The van der Waals surface area contributed by atoms with Gasteiger partial charge in [-0.05, 0) is 118 Å². The molecule has 192 valence electrons. The van der Waals surface area contributed by atoms with Crippen LogP contribution < -0.4 is 0 Å². The number of fused-ring (bicyclic) bond motifs is 4. The maximum Gasteiger partial charge on any atom is 0.302 e. The zero-order chi connectivity index (χ0) is 24.6. The lowest BCUT2D eigenvalue weighted by atomic mass is 9.45. The van der Waals surface area contributed by atoms with Gasteiger partial charge >= 0.3 is 5.97 Å². The second-order valence-corrected chi connectivity index (χ2v) is 14.0. The van der Waals surface area contributed by atoms with Gasteiger partial charge in [0.25, 0.3) is 0 Å². The van der Waals surface area contributed by atoms with Gasteiger partial charge in [-0.25, -0.2) is 0 Å². The molecule has 0 N–H and O–H groups in total. The fraction of sp³-hybridized carbons (Fsp3) is 0.903. The molecule has 34 heavy (non-hydrogen) atoms. The molecule has 0 aromatic heterocycles. The quantitative estimate of drug-likeness (QED) is 0.296. The van der Waals surface area contributed by atoms with Gasteiger partial charge in [-0.1, -0.05) is 31.9 Å². The molecule has 0 aromatic carbocycles. The number of carbonyl (C=O) groups is 1. The van der Waals surface area contributed by atoms with Crippen LogP contribution in [0.4, 0.5) is 0 Å². The molecule has 5 rings (SSSR count). The van der Waals surface area contributed by atoms with Gasteiger partial charge in [0, 0.05) is 25.9 Å². The van der Waals surface area contributed by atoms with Crippen LogP contribution in [0.25, 0.3) is 0 Å². The second kappa shape index (κ2) is 8.35. The highest BCUT2D eigenvalue weighted by Gasteiger charge is 2.77. The average Bonchev–Trinajstić information content (AvgIpc) is 3.28. The molecule has 3 heteroatoms. The van der Waals surface area contributed by atoms with Crippen LogP contribution in [-0.2, 0) is 14.3 Å². The van der Waals surface area contributed by atoms with Crippen molar-refractivity contribution in [1.82, 2.24) is 0 Å². The predicted octanol–water partition coefficient (Wildman–Crippen LogP) is 7.58. The molecule has 0 bridgehead atoms. The van der Waals surface area contributed by atoms with Crippen molar-refractivity contribution in [3.63, 3.8) is 0 Å². The summed E-state index contributed by atoms with van der Waals surface area (Å²) in [5, 5.41) is 0. The highest BCUT2D eigenvalue weighted by atomic mass is 16.5. The number of ether oxygens (including phenoxy) is 2. The van der Waals surface area contributed by atoms with Gasteiger partial charge in [0.1, 0.15) is 6.10 Å². The molecule has 0 amide bonds. The van der Waals surface area contributed by atoms with Crippen LogP contribution in [0.5, 0.6) is 0 Å². The third-order valence-electron chi connectivity index (χ3n) is 12.8. The zero-order valence-electron chi connectivity index (χ0n) is 23.2. The van der Waals surface area contributed by atoms with E-state index in [9.17, 15) is 4.79 Å². The minimum atomic E-state index is -0.129. The van der Waals surface area contributed by atoms with Crippen molar-refractivity contribution in [3.05, 3.63) is 11.1 Å². The monoisotopic (exact) mass is 470 g/mol. The van der Waals surface area contributed by atoms with Gasteiger partial charge < -0.3 is 9.47 Å². The first-order chi connectivity index (χ1) is 16.0. The summed E-state index contributed by atoms with van der Waals surface area (Å²) in [7, 11) is 1.99. The molecule has 5 aliphatic rings. The van der Waals surface area contributed by atoms with E-state index >= 15 is 0 Å². The van der Waals surface area contributed by atoms with Crippen molar-refractivity contribution in [3.8, 4) is 0 Å². The van der Waals surface area contributed by atoms with Gasteiger partial charge in [-0.2, -0.15) is 0 Å². The molecule has 0 aromatic rings. The van der Waals surface area contributed by atoms with Crippen LogP contribution in [0.2, 0.25) is 0 Å². The molecule has 3 nitrogen and oxygen atoms in total. The van der Waals surface area contributed by atoms with Gasteiger partial charge in [0.15, 0.2) is 0 Å². The van der Waals surface area contributed by atoms with Crippen LogP contribution in [0, 0.1) is 51.8 Å². The summed E-state index contributed by atoms with van der Waals surface area (Å²) < 4.78 is 12.3. The second-order valence-electron chi connectivity index (χ2n) is 14.0. The molecule has 0 radical (unpaired) electrons. The fourth-order valence-corrected chi connectivity index (χ4v) is 10.8. The average molecular weight is 471 g/mol. The summed E-state index contributed by atoms with van der Waals surface area (Å²) in [4.78, 5) is 12.1. The van der Waals surface area contributed by atoms with Gasteiger partial charge in [-0.3, -0.25) is 4.79 Å². The lowest BCUT2D eigenvalue weighted by Gasteiger charge is -2.61. The summed E-state index contributed by atoms with van der Waals surface area (Å²) in [6.07, 6.45) is 12.3. The van der Waals surface area contributed by atoms with Gasteiger partial charge in [-0.15, -0.1) is 0 Å². The Kier molecular flexibility index (Phi) is 6.10. The van der Waals surface area contributed by atoms with E-state index in [2.05, 4.69) is 41.5 Å². The lowest BCUT2D eigenvalue weighted by molar-refractivity contribution is -0.166. The first-order valence-corrected chi connectivity index (χ1v) is 14.3. The Morgan fingerprint density at radius 3 is 2.35 bits per heavy atom. The summed E-state index contributed by atoms with van der Waals surface area (Å²) in [6.45, 7) is 15.8. The number of hydrogen-bond acceptors (Lipinski definition) is 3. The Labute approximate surface area is 208 Å². The molecule has 0 unspecified atom stereocenters. The molecule has 0 aliphatic heterocycles. The van der Waals surface area contributed by atoms with Crippen molar-refractivity contribution in [2.45, 2.75) is 118 Å². The molecular formula is C31H50O3. The molecule has 5 saturated carbocycles. The third-order valence-corrected chi connectivity index (χ3v) is 12.8. The Bertz CT molecular complexity index is 857. The maximum atomic E-state index is 12.1. The lowest BCUT2D eigenvalue weighted by Crippen LogP contribution is -2.57. The molecule has 5 fully saturated rings. The summed E-state index contributed by atoms with van der Waals surface area (Å²) in [6, 6.07) is 0. The van der Waals surface area contributed by atoms with Crippen molar-refractivity contribution in [1.29, 1.82) is 0 Å². The highest BCUT2D eigenvalue weighted by molar-refractivity contribution is 5.66. The van der Waals surface area contributed by atoms with Crippen LogP contribution in [0.15, 0.2) is 11.1 Å². The third kappa shape index (κ3) is 3.34. The Morgan fingerprint density at radius 2 is 1.74 bits per heavy atom. The minimum Gasteiger partial charge on any atom is -0.462 e. The zero-order valence-corrected chi connectivity index (χ0v) is 23.2. The molecule has 11 atom stereocenters. The highest BCUT2D eigenvalue weighted by Crippen LogP contribution is 2.82. The normalized spacial score (nSPS) is 48.1. The summed E-state index contributed by atoms with van der Waals surface area (Å²) >= 11 is 0. The van der Waals surface area contributed by atoms with Crippen LogP contribution in [0.3, 0.4) is 0 Å². The number of hydrogen-bond donors (Lipinski definition) is 0. The smallest absolute Gasteiger partial charge is 0.302 e. The number of carbonyl (C=O) groups excluding carboxylic acids is 1. The van der Waals surface area contributed by atoms with Gasteiger partial charge in [0.2, 0.25) is 0 Å². The maximum absolute atomic E-state index is 12.1. The molecule has 0 heterocycles. The van der Waals surface area contributed by atoms with Crippen molar-refractivity contribution in [2.75, 3.05) is 7.11 Å². The molecular weight excluding hydrogens is 420 g/mol. The topological polar surface area (TPSA) is 35.5 Å². The summed E-state index contributed by atoms with van der Waals surface area (Å²) in [5.41, 5.74) is 4.08. The van der Waals surface area contributed by atoms with E-state index in [1.165, 1.54) is 62.5 Å². The first kappa shape index (κ1) is 24.8. The number of allylic oxidation sites excluding steroid dienone is 1. The van der Waals surface area contributed by atoms with E-state index in [1.807, 2.05) is 7.11 Å². The van der Waals surface area contributed by atoms with Crippen LogP contribution in [-0.4, -0.2) is 25.3 Å². The number of rotatable bonds is 6. The largest absolute Gasteiger partial charge is 0.462 e. The Morgan fingerprint density at radius 1 is 1.00 bits per heavy atom. The molecule has 5 aliphatic carbocycles. The van der Waals surface area contributed by atoms with Crippen LogP contribution in [0.1, 0.15) is 106 Å². The fourth-order valence-electron chi connectivity index (χ4n) is 10.8. The standard InChI is InChI=1S/C31H50O3/c1-18(2)19(3)15-27(34-21(5)32)20(4)24-9-10-25-23-16-28(33-8)31-17-22(31)11-14-30(31,7)26(23)12-13-29(24,25)6/h20,22-28H,9-17H2,1-8H3/t20-,22+,23-,24+,25-,26-,27-,28+,29+,30+,31-/m0/s1. The van der Waals surface area contributed by atoms with E-state index < -0.39 is 0 Å². The summed E-state index contributed by atoms with van der Waals surface area (Å²) in [5.74, 6) is 4.33. The van der Waals surface area contributed by atoms with Crippen LogP contribution >= 0.6 is 0 Å². The number of esters is 1. The van der Waals surface area contributed by atoms with Crippen molar-refractivity contribution >= 4 is 5.97 Å². The van der Waals surface area contributed by atoms with E-state index in [0.29, 0.717) is 34.2 Å². The van der Waals surface area contributed by atoms with Crippen molar-refractivity contribution < 1.29 is 14.3 Å². The molecule has 0 saturated heterocycles. The van der Waals surface area contributed by atoms with Crippen molar-refractivity contribution in [2.24, 2.45) is 51.8 Å². The number of methoxy groups -OCH3 is 1. The van der Waals surface area contributed by atoms with E-state index in [4.69, 9.17) is 9.47 Å². The molecule has 1 spiro atoms. The Hall–Kier alpha value is -0.830. The van der Waals surface area contributed by atoms with E-state index in [1.54, 1.807) is 6.92 Å².